The summed E-state index contributed by atoms with van der Waals surface area (Å²) in [6.07, 6.45) is 24.9. The van der Waals surface area contributed by atoms with E-state index in [1.807, 2.05) is 0 Å². The third-order valence-electron chi connectivity index (χ3n) is 8.32. The Morgan fingerprint density at radius 1 is 1.02 bits per heavy atom. The van der Waals surface area contributed by atoms with Crippen LogP contribution in [0.2, 0.25) is 0 Å². The molecule has 0 amide bonds. The van der Waals surface area contributed by atoms with Crippen LogP contribution in [-0.4, -0.2) is 57.2 Å². The minimum Gasteiger partial charge on any atom is -0.434 e. The Labute approximate surface area is 261 Å². The summed E-state index contributed by atoms with van der Waals surface area (Å²) in [7, 11) is 0. The number of aromatic nitrogens is 3. The fourth-order valence-electron chi connectivity index (χ4n) is 5.73. The van der Waals surface area contributed by atoms with E-state index in [4.69, 9.17) is 26.4 Å². The van der Waals surface area contributed by atoms with Crippen LogP contribution in [0.15, 0.2) is 12.3 Å². The number of fused-ring (bicyclic) bond motifs is 1. The molecule has 0 bridgehead atoms. The highest BCUT2D eigenvalue weighted by Crippen LogP contribution is 2.33. The summed E-state index contributed by atoms with van der Waals surface area (Å²) in [5.74, 6) is 2.42. The number of anilines is 1. The molecule has 0 radical (unpaired) electrons. The molecule has 3 heterocycles. The highest BCUT2D eigenvalue weighted by Gasteiger charge is 2.48. The lowest BCUT2D eigenvalue weighted by Crippen LogP contribution is -2.43. The van der Waals surface area contributed by atoms with E-state index in [9.17, 15) is 14.3 Å². The van der Waals surface area contributed by atoms with Crippen molar-refractivity contribution in [2.24, 2.45) is 0 Å². The van der Waals surface area contributed by atoms with E-state index < -0.39 is 30.0 Å². The monoisotopic (exact) mass is 614 g/mol. The molecule has 44 heavy (non-hydrogen) atoms. The molecule has 3 atom stereocenters. The van der Waals surface area contributed by atoms with Gasteiger partial charge in [-0.1, -0.05) is 109 Å². The number of hydrogen-bond donors (Lipinski definition) is 2. The average molecular weight is 615 g/mol. The van der Waals surface area contributed by atoms with Gasteiger partial charge in [-0.05, 0) is 18.1 Å². The number of carbonyl (C=O) groups is 1. The van der Waals surface area contributed by atoms with E-state index in [1.165, 1.54) is 83.5 Å². The van der Waals surface area contributed by atoms with Crippen LogP contribution in [0.4, 0.5) is 15.0 Å². The fourth-order valence-corrected chi connectivity index (χ4v) is 5.73. The maximum absolute atomic E-state index is 13.6. The average Bonchev–Trinajstić information content (AvgIpc) is 3.31. The number of terminal acetylenes is 1. The van der Waals surface area contributed by atoms with Crippen LogP contribution in [0.5, 0.6) is 0 Å². The second kappa shape index (κ2) is 19.4. The van der Waals surface area contributed by atoms with Crippen LogP contribution in [-0.2, 0) is 20.6 Å². The first kappa shape index (κ1) is 35.4. The van der Waals surface area contributed by atoms with E-state index in [0.717, 1.165) is 19.3 Å². The van der Waals surface area contributed by atoms with E-state index in [-0.39, 0.29) is 31.0 Å². The van der Waals surface area contributed by atoms with Crippen LogP contribution in [0.25, 0.3) is 11.0 Å². The van der Waals surface area contributed by atoms with Crippen molar-refractivity contribution in [1.82, 2.24) is 15.0 Å². The molecule has 1 saturated heterocycles. The summed E-state index contributed by atoms with van der Waals surface area (Å²) >= 11 is 0. The molecule has 3 rings (SSSR count). The number of ether oxygens (including phenoxy) is 3. The van der Waals surface area contributed by atoms with Gasteiger partial charge in [0.05, 0.1) is 18.2 Å². The van der Waals surface area contributed by atoms with Crippen molar-refractivity contribution >= 4 is 23.0 Å². The molecule has 1 aliphatic rings. The summed E-state index contributed by atoms with van der Waals surface area (Å²) in [6.45, 7) is 2.21. The van der Waals surface area contributed by atoms with E-state index in [1.54, 1.807) is 12.3 Å². The Morgan fingerprint density at radius 2 is 1.61 bits per heavy atom. The summed E-state index contributed by atoms with van der Waals surface area (Å²) in [6, 6.07) is 1.64. The number of nitrogens with zero attached hydrogens (tertiary/aromatic N) is 3. The summed E-state index contributed by atoms with van der Waals surface area (Å²) in [4.78, 5) is 23.6. The zero-order chi connectivity index (χ0) is 31.6. The molecule has 0 spiro atoms. The molecule has 3 N–H and O–H groups in total. The quantitative estimate of drug-likeness (QED) is 0.0647. The molecular formula is C34H51FN4O5. The number of unbranched alkanes of at least 4 members (excludes halogenated alkanes) is 15. The first-order valence-corrected chi connectivity index (χ1v) is 16.6. The smallest absolute Gasteiger partial charge is 0.434 e. The molecule has 0 unspecified atom stereocenters. The molecule has 9 nitrogen and oxygen atoms in total. The van der Waals surface area contributed by atoms with Gasteiger partial charge in [0.15, 0.2) is 11.4 Å². The van der Waals surface area contributed by atoms with Gasteiger partial charge in [-0.25, -0.2) is 9.78 Å². The molecule has 2 aromatic rings. The molecule has 244 valence electrons. The minimum atomic E-state index is -1.49. The lowest BCUT2D eigenvalue weighted by Gasteiger charge is -2.25. The molecule has 1 aliphatic heterocycles. The van der Waals surface area contributed by atoms with Gasteiger partial charge in [0.2, 0.25) is 0 Å². The van der Waals surface area contributed by atoms with Gasteiger partial charge in [-0.2, -0.15) is 9.37 Å². The number of aliphatic hydroxyl groups is 1. The maximum atomic E-state index is 13.6. The predicted molar refractivity (Wildman–Crippen MR) is 169 cm³/mol. The van der Waals surface area contributed by atoms with Gasteiger partial charge in [-0.3, -0.25) is 4.98 Å². The Kier molecular flexibility index (Phi) is 15.6. The lowest BCUT2D eigenvalue weighted by molar-refractivity contribution is -0.0823. The van der Waals surface area contributed by atoms with Crippen molar-refractivity contribution in [2.45, 2.75) is 140 Å². The second-order valence-corrected chi connectivity index (χ2v) is 12.0. The number of rotatable bonds is 21. The number of carbonyl (C=O) groups excluding carboxylic acids is 1. The molecule has 0 aliphatic carbocycles. The normalized spacial score (nSPS) is 19.7. The first-order chi connectivity index (χ1) is 21.4. The minimum absolute atomic E-state index is 0.0446. The number of nitrogen functional groups attached to an aromatic ring is 1. The van der Waals surface area contributed by atoms with Gasteiger partial charge >= 0.3 is 12.2 Å². The number of nitrogens with two attached hydrogens (primary N) is 1. The fraction of sp³-hybridized carbons (Fsp3) is 0.706. The van der Waals surface area contributed by atoms with Crippen LogP contribution in [0.3, 0.4) is 0 Å². The zero-order valence-corrected chi connectivity index (χ0v) is 26.4. The standard InChI is InChI=1S/C34H51FN4O5/c1-3-5-6-7-8-9-10-11-12-13-14-15-16-17-18-19-20-42-33(41)43-25-34(4-2)29(40)23-27(44-34)21-26-22-28-30(37-24-26)31(36)39-32(35)38-28/h2,22,24,27,29,40H,3,5-21,23,25H2,1H3,(H2,36,38,39)/t27-,29-,34+/m0/s1. The third-order valence-corrected chi connectivity index (χ3v) is 8.32. The SMILES string of the molecule is C#C[C@]1(COC(=O)OCCCCCCCCCCCCCCCCCC)O[C@@H](Cc2cnc3c(N)nc(F)nc3c2)C[C@@H]1O. The molecule has 2 aromatic heterocycles. The van der Waals surface area contributed by atoms with E-state index in [0.29, 0.717) is 17.5 Å². The van der Waals surface area contributed by atoms with Crippen molar-refractivity contribution in [3.63, 3.8) is 0 Å². The van der Waals surface area contributed by atoms with Crippen molar-refractivity contribution in [3.8, 4) is 12.3 Å². The largest absolute Gasteiger partial charge is 0.508 e. The second-order valence-electron chi connectivity index (χ2n) is 12.0. The Hall–Kier alpha value is -3.03. The van der Waals surface area contributed by atoms with Crippen molar-refractivity contribution < 1.29 is 28.5 Å². The van der Waals surface area contributed by atoms with Gasteiger partial charge in [0.25, 0.3) is 0 Å². The molecule has 1 fully saturated rings. The lowest BCUT2D eigenvalue weighted by atomic mass is 9.97. The van der Waals surface area contributed by atoms with Crippen molar-refractivity contribution in [2.75, 3.05) is 18.9 Å². The van der Waals surface area contributed by atoms with Gasteiger partial charge in [-0.15, -0.1) is 6.42 Å². The van der Waals surface area contributed by atoms with Gasteiger partial charge in [0, 0.05) is 19.0 Å². The number of aliphatic hydroxyl groups excluding tert-OH is 1. The zero-order valence-electron chi connectivity index (χ0n) is 26.4. The van der Waals surface area contributed by atoms with E-state index >= 15 is 0 Å². The van der Waals surface area contributed by atoms with Crippen LogP contribution < -0.4 is 5.73 Å². The predicted octanol–water partition coefficient (Wildman–Crippen LogP) is 7.23. The number of pyridine rings is 1. The number of hydrogen-bond acceptors (Lipinski definition) is 9. The Morgan fingerprint density at radius 3 is 2.20 bits per heavy atom. The first-order valence-electron chi connectivity index (χ1n) is 16.6. The topological polar surface area (TPSA) is 130 Å². The van der Waals surface area contributed by atoms with E-state index in [2.05, 4.69) is 27.8 Å². The number of halogens is 1. The van der Waals surface area contributed by atoms with Crippen LogP contribution >= 0.6 is 0 Å². The highest BCUT2D eigenvalue weighted by molar-refractivity contribution is 5.83. The third kappa shape index (κ3) is 11.8. The molecule has 10 heteroatoms. The molecule has 0 saturated carbocycles. The van der Waals surface area contributed by atoms with Crippen molar-refractivity contribution in [3.05, 3.63) is 23.9 Å². The highest BCUT2D eigenvalue weighted by atomic mass is 19.1. The summed E-state index contributed by atoms with van der Waals surface area (Å²) in [5, 5.41) is 10.7. The van der Waals surface area contributed by atoms with Crippen LogP contribution in [0.1, 0.15) is 122 Å². The Bertz CT molecular complexity index is 1190. The van der Waals surface area contributed by atoms with Crippen molar-refractivity contribution in [1.29, 1.82) is 0 Å². The summed E-state index contributed by atoms with van der Waals surface area (Å²) in [5.41, 5.74) is 5.49. The molecule has 0 aromatic carbocycles. The Balaban J connectivity index is 1.23. The summed E-state index contributed by atoms with van der Waals surface area (Å²) < 4.78 is 30.0. The van der Waals surface area contributed by atoms with Crippen LogP contribution in [0, 0.1) is 18.4 Å². The molecular weight excluding hydrogens is 563 g/mol. The van der Waals surface area contributed by atoms with Gasteiger partial charge < -0.3 is 25.1 Å². The maximum Gasteiger partial charge on any atom is 0.508 e. The van der Waals surface area contributed by atoms with Gasteiger partial charge in [0.1, 0.15) is 18.2 Å².